The summed E-state index contributed by atoms with van der Waals surface area (Å²) in [5.74, 6) is 0.658. The lowest BCUT2D eigenvalue weighted by Crippen LogP contribution is -2.00. The smallest absolute Gasteiger partial charge is 0.192 e. The largest absolute Gasteiger partial charge is 0.497 e. The lowest BCUT2D eigenvalue weighted by atomic mass is 10.2. The summed E-state index contributed by atoms with van der Waals surface area (Å²) in [6.07, 6.45) is 1.14. The molecule has 16 heavy (non-hydrogen) atoms. The molecule has 0 aliphatic carbocycles. The Morgan fingerprint density at radius 2 is 1.88 bits per heavy atom. The third-order valence-electron chi connectivity index (χ3n) is 2.25. The fourth-order valence-electron chi connectivity index (χ4n) is 1.41. The highest BCUT2D eigenvalue weighted by Crippen LogP contribution is 2.20. The van der Waals surface area contributed by atoms with Gasteiger partial charge in [-0.1, -0.05) is 0 Å². The molecule has 0 fully saturated rings. The molecule has 0 amide bonds. The van der Waals surface area contributed by atoms with Crippen LogP contribution < -0.4 is 4.74 Å². The van der Waals surface area contributed by atoms with Crippen LogP contribution in [-0.2, 0) is 9.84 Å². The molecule has 2 rings (SSSR count). The van der Waals surface area contributed by atoms with Gasteiger partial charge in [-0.25, -0.2) is 13.4 Å². The van der Waals surface area contributed by atoms with Crippen molar-refractivity contribution in [3.63, 3.8) is 0 Å². The molecule has 5 heteroatoms. The average molecular weight is 237 g/mol. The molecule has 0 saturated carbocycles. The minimum atomic E-state index is -3.27. The summed E-state index contributed by atoms with van der Waals surface area (Å²) >= 11 is 0. The zero-order chi connectivity index (χ0) is 11.8. The Morgan fingerprint density at radius 1 is 1.19 bits per heavy atom. The quantitative estimate of drug-likeness (QED) is 0.796. The number of pyridine rings is 1. The van der Waals surface area contributed by atoms with Gasteiger partial charge < -0.3 is 4.74 Å². The van der Waals surface area contributed by atoms with Crippen molar-refractivity contribution in [2.45, 2.75) is 5.03 Å². The number of nitrogens with zero attached hydrogens (tertiary/aromatic N) is 1. The molecule has 1 heterocycles. The molecule has 1 aromatic carbocycles. The van der Waals surface area contributed by atoms with E-state index in [-0.39, 0.29) is 5.03 Å². The van der Waals surface area contributed by atoms with Gasteiger partial charge >= 0.3 is 0 Å². The highest BCUT2D eigenvalue weighted by molar-refractivity contribution is 7.90. The first-order valence-electron chi connectivity index (χ1n) is 4.65. The van der Waals surface area contributed by atoms with Crippen LogP contribution >= 0.6 is 0 Å². The van der Waals surface area contributed by atoms with Gasteiger partial charge in [0.25, 0.3) is 0 Å². The number of ether oxygens (including phenoxy) is 1. The van der Waals surface area contributed by atoms with E-state index in [0.717, 1.165) is 11.6 Å². The van der Waals surface area contributed by atoms with Crippen LogP contribution in [0.25, 0.3) is 10.9 Å². The molecule has 0 radical (unpaired) electrons. The van der Waals surface area contributed by atoms with Gasteiger partial charge in [0.05, 0.1) is 12.6 Å². The molecule has 4 nitrogen and oxygen atoms in total. The van der Waals surface area contributed by atoms with Gasteiger partial charge in [0.2, 0.25) is 0 Å². The Morgan fingerprint density at radius 3 is 2.50 bits per heavy atom. The Hall–Kier alpha value is -1.62. The van der Waals surface area contributed by atoms with Crippen LogP contribution in [0.5, 0.6) is 5.75 Å². The molecule has 0 bridgehead atoms. The monoisotopic (exact) mass is 237 g/mol. The summed E-state index contributed by atoms with van der Waals surface area (Å²) in [4.78, 5) is 4.09. The normalized spacial score (nSPS) is 11.6. The Kier molecular flexibility index (Phi) is 2.55. The van der Waals surface area contributed by atoms with Gasteiger partial charge in [-0.05, 0) is 24.3 Å². The third-order valence-corrected chi connectivity index (χ3v) is 3.24. The topological polar surface area (TPSA) is 56.3 Å². The summed E-state index contributed by atoms with van der Waals surface area (Å²) in [6, 6.07) is 8.60. The van der Waals surface area contributed by atoms with E-state index in [0.29, 0.717) is 11.3 Å². The molecule has 84 valence electrons. The van der Waals surface area contributed by atoms with Crippen molar-refractivity contribution in [1.29, 1.82) is 0 Å². The summed E-state index contributed by atoms with van der Waals surface area (Å²) < 4.78 is 27.7. The molecular formula is C11H11NO3S. The SMILES string of the molecule is COc1ccc2ccc(S(C)(=O)=O)nc2c1. The maximum absolute atomic E-state index is 11.3. The molecule has 0 aliphatic rings. The van der Waals surface area contributed by atoms with Crippen molar-refractivity contribution >= 4 is 20.7 Å². The first kappa shape index (κ1) is 10.9. The van der Waals surface area contributed by atoms with E-state index in [9.17, 15) is 8.42 Å². The Labute approximate surface area is 93.8 Å². The van der Waals surface area contributed by atoms with E-state index in [1.54, 1.807) is 19.2 Å². The first-order valence-corrected chi connectivity index (χ1v) is 6.55. The zero-order valence-corrected chi connectivity index (χ0v) is 9.78. The number of hydrogen-bond acceptors (Lipinski definition) is 4. The van der Waals surface area contributed by atoms with Crippen molar-refractivity contribution in [3.8, 4) is 5.75 Å². The van der Waals surface area contributed by atoms with Crippen molar-refractivity contribution in [2.75, 3.05) is 13.4 Å². The van der Waals surface area contributed by atoms with Gasteiger partial charge in [0.1, 0.15) is 5.75 Å². The molecule has 0 spiro atoms. The second kappa shape index (κ2) is 3.75. The van der Waals surface area contributed by atoms with Gasteiger partial charge in [-0.2, -0.15) is 0 Å². The first-order chi connectivity index (χ1) is 7.50. The highest BCUT2D eigenvalue weighted by Gasteiger charge is 2.09. The van der Waals surface area contributed by atoms with Crippen molar-refractivity contribution in [2.24, 2.45) is 0 Å². The molecule has 0 unspecified atom stereocenters. The van der Waals surface area contributed by atoms with Crippen molar-refractivity contribution < 1.29 is 13.2 Å². The van der Waals surface area contributed by atoms with Crippen LogP contribution in [0.4, 0.5) is 0 Å². The molecule has 2 aromatic rings. The molecule has 0 aliphatic heterocycles. The van der Waals surface area contributed by atoms with Gasteiger partial charge in [-0.3, -0.25) is 0 Å². The molecule has 0 N–H and O–H groups in total. The number of methoxy groups -OCH3 is 1. The van der Waals surface area contributed by atoms with E-state index in [1.165, 1.54) is 6.07 Å². The van der Waals surface area contributed by atoms with Gasteiger partial charge in [-0.15, -0.1) is 0 Å². The summed E-state index contributed by atoms with van der Waals surface area (Å²) in [5.41, 5.74) is 0.613. The van der Waals surface area contributed by atoms with Crippen LogP contribution in [0.1, 0.15) is 0 Å². The zero-order valence-electron chi connectivity index (χ0n) is 8.97. The van der Waals surface area contributed by atoms with Crippen molar-refractivity contribution in [1.82, 2.24) is 4.98 Å². The molecule has 1 aromatic heterocycles. The van der Waals surface area contributed by atoms with E-state index in [4.69, 9.17) is 4.74 Å². The lowest BCUT2D eigenvalue weighted by molar-refractivity contribution is 0.415. The predicted octanol–water partition coefficient (Wildman–Crippen LogP) is 1.65. The lowest BCUT2D eigenvalue weighted by Gasteiger charge is -2.03. The maximum Gasteiger partial charge on any atom is 0.192 e. The van der Waals surface area contributed by atoms with E-state index in [1.807, 2.05) is 12.1 Å². The standard InChI is InChI=1S/C11H11NO3S/c1-15-9-5-3-8-4-6-11(16(2,13)14)12-10(8)7-9/h3-7H,1-2H3. The second-order valence-corrected chi connectivity index (χ2v) is 5.44. The minimum Gasteiger partial charge on any atom is -0.497 e. The number of rotatable bonds is 2. The summed E-state index contributed by atoms with van der Waals surface area (Å²) in [5, 5.41) is 0.960. The number of aromatic nitrogens is 1. The number of sulfone groups is 1. The fraction of sp³-hybridized carbons (Fsp3) is 0.182. The van der Waals surface area contributed by atoms with Crippen LogP contribution in [0.3, 0.4) is 0 Å². The third kappa shape index (κ3) is 1.99. The molecular weight excluding hydrogens is 226 g/mol. The van der Waals surface area contributed by atoms with Crippen LogP contribution in [0.15, 0.2) is 35.4 Å². The molecule has 0 saturated heterocycles. The predicted molar refractivity (Wildman–Crippen MR) is 61.4 cm³/mol. The number of hydrogen-bond donors (Lipinski definition) is 0. The van der Waals surface area contributed by atoms with Crippen LogP contribution in [-0.4, -0.2) is 26.8 Å². The Balaban J connectivity index is 2.69. The van der Waals surface area contributed by atoms with Crippen LogP contribution in [0, 0.1) is 0 Å². The van der Waals surface area contributed by atoms with E-state index in [2.05, 4.69) is 4.98 Å². The van der Waals surface area contributed by atoms with Gasteiger partial charge in [0, 0.05) is 17.7 Å². The number of benzene rings is 1. The van der Waals surface area contributed by atoms with E-state index < -0.39 is 9.84 Å². The highest BCUT2D eigenvalue weighted by atomic mass is 32.2. The van der Waals surface area contributed by atoms with Crippen molar-refractivity contribution in [3.05, 3.63) is 30.3 Å². The second-order valence-electron chi connectivity index (χ2n) is 3.48. The maximum atomic E-state index is 11.3. The summed E-state index contributed by atoms with van der Waals surface area (Å²) in [7, 11) is -1.71. The average Bonchev–Trinajstić information content (AvgIpc) is 2.26. The summed E-state index contributed by atoms with van der Waals surface area (Å²) in [6.45, 7) is 0. The number of fused-ring (bicyclic) bond motifs is 1. The van der Waals surface area contributed by atoms with Gasteiger partial charge in [0.15, 0.2) is 14.9 Å². The molecule has 0 atom stereocenters. The van der Waals surface area contributed by atoms with E-state index >= 15 is 0 Å². The Bertz CT molecular complexity index is 635. The fourth-order valence-corrected chi connectivity index (χ4v) is 1.99. The minimum absolute atomic E-state index is 0.0771. The van der Waals surface area contributed by atoms with Crippen LogP contribution in [0.2, 0.25) is 0 Å².